The fraction of sp³-hybridized carbons (Fsp3) is 0.304. The molecule has 2 amide bonds. The summed E-state index contributed by atoms with van der Waals surface area (Å²) in [5.74, 6) is -1.17. The number of primary amides is 1. The highest BCUT2D eigenvalue weighted by molar-refractivity contribution is 6.06. The molecule has 1 unspecified atom stereocenters. The second kappa shape index (κ2) is 8.34. The number of fused-ring (bicyclic) bond motifs is 1. The van der Waals surface area contributed by atoms with Crippen LogP contribution in [0.15, 0.2) is 48.8 Å². The molecule has 0 aliphatic heterocycles. The quantitative estimate of drug-likeness (QED) is 0.502. The van der Waals surface area contributed by atoms with Crippen LogP contribution >= 0.6 is 0 Å². The van der Waals surface area contributed by atoms with E-state index in [0.717, 1.165) is 5.56 Å². The third-order valence-electron chi connectivity index (χ3n) is 6.11. The van der Waals surface area contributed by atoms with Crippen molar-refractivity contribution in [2.75, 3.05) is 10.6 Å². The van der Waals surface area contributed by atoms with Gasteiger partial charge in [-0.25, -0.2) is 9.97 Å². The van der Waals surface area contributed by atoms with Crippen LogP contribution < -0.4 is 16.4 Å². The highest BCUT2D eigenvalue weighted by Gasteiger charge is 2.63. The minimum atomic E-state index is -4.58. The van der Waals surface area contributed by atoms with Gasteiger partial charge in [-0.3, -0.25) is 9.59 Å². The molecule has 1 aromatic heterocycles. The van der Waals surface area contributed by atoms with Crippen LogP contribution in [0.3, 0.4) is 0 Å². The molecule has 1 fully saturated rings. The SMILES string of the molecule is CC(Nc1ncnc2c(C(N)=O)cccc12)c1cccc(NC(=O)C2(C(F)(F)F)CCC2)c1. The van der Waals surface area contributed by atoms with Crippen molar-refractivity contribution in [1.29, 1.82) is 0 Å². The van der Waals surface area contributed by atoms with E-state index in [1.54, 1.807) is 42.5 Å². The first-order valence-corrected chi connectivity index (χ1v) is 10.4. The number of anilines is 2. The van der Waals surface area contributed by atoms with Crippen molar-refractivity contribution in [1.82, 2.24) is 9.97 Å². The van der Waals surface area contributed by atoms with E-state index >= 15 is 0 Å². The van der Waals surface area contributed by atoms with E-state index in [2.05, 4.69) is 20.6 Å². The number of rotatable bonds is 6. The Morgan fingerprint density at radius 1 is 1.12 bits per heavy atom. The number of carbonyl (C=O) groups excluding carboxylic acids is 2. The van der Waals surface area contributed by atoms with Gasteiger partial charge in [0.15, 0.2) is 0 Å². The van der Waals surface area contributed by atoms with Crippen molar-refractivity contribution < 1.29 is 22.8 Å². The number of nitrogens with zero attached hydrogens (tertiary/aromatic N) is 2. The molecule has 2 aromatic carbocycles. The van der Waals surface area contributed by atoms with Gasteiger partial charge in [-0.05, 0) is 49.6 Å². The minimum absolute atomic E-state index is 0.200. The molecule has 3 aromatic rings. The van der Waals surface area contributed by atoms with Crippen LogP contribution in [0, 0.1) is 5.41 Å². The van der Waals surface area contributed by atoms with Crippen LogP contribution in [0.5, 0.6) is 0 Å². The summed E-state index contributed by atoms with van der Waals surface area (Å²) in [5.41, 5.74) is 4.80. The lowest BCUT2D eigenvalue weighted by Crippen LogP contribution is -2.52. The Morgan fingerprint density at radius 3 is 2.48 bits per heavy atom. The van der Waals surface area contributed by atoms with Crippen molar-refractivity contribution in [2.45, 2.75) is 38.4 Å². The Bertz CT molecular complexity index is 1220. The molecular formula is C23H22F3N5O2. The molecule has 1 atom stereocenters. The highest BCUT2D eigenvalue weighted by atomic mass is 19.4. The summed E-state index contributed by atoms with van der Waals surface area (Å²) in [4.78, 5) is 32.6. The van der Waals surface area contributed by atoms with Gasteiger partial charge in [0.05, 0.1) is 17.1 Å². The molecule has 0 spiro atoms. The van der Waals surface area contributed by atoms with Gasteiger partial charge in [-0.1, -0.05) is 24.6 Å². The summed E-state index contributed by atoms with van der Waals surface area (Å²) < 4.78 is 40.4. The van der Waals surface area contributed by atoms with Gasteiger partial charge in [0.2, 0.25) is 5.91 Å². The lowest BCUT2D eigenvalue weighted by atomic mass is 9.67. The van der Waals surface area contributed by atoms with E-state index in [-0.39, 0.29) is 30.1 Å². The number of hydrogen-bond donors (Lipinski definition) is 3. The second-order valence-corrected chi connectivity index (χ2v) is 8.17. The molecule has 0 radical (unpaired) electrons. The molecule has 172 valence electrons. The van der Waals surface area contributed by atoms with Crippen LogP contribution in [0.4, 0.5) is 24.7 Å². The average Bonchev–Trinajstić information content (AvgIpc) is 2.71. The normalized spacial score (nSPS) is 16.0. The van der Waals surface area contributed by atoms with Gasteiger partial charge in [-0.15, -0.1) is 0 Å². The van der Waals surface area contributed by atoms with Crippen LogP contribution in [0.1, 0.15) is 48.1 Å². The third-order valence-corrected chi connectivity index (χ3v) is 6.11. The zero-order valence-electron chi connectivity index (χ0n) is 17.7. The monoisotopic (exact) mass is 457 g/mol. The van der Waals surface area contributed by atoms with E-state index in [1.165, 1.54) is 6.33 Å². The first-order chi connectivity index (χ1) is 15.6. The van der Waals surface area contributed by atoms with Gasteiger partial charge >= 0.3 is 6.18 Å². The molecule has 1 heterocycles. The van der Waals surface area contributed by atoms with Crippen molar-refractivity contribution in [3.8, 4) is 0 Å². The van der Waals surface area contributed by atoms with Crippen LogP contribution in [-0.4, -0.2) is 28.0 Å². The van der Waals surface area contributed by atoms with E-state index in [4.69, 9.17) is 5.73 Å². The number of amides is 2. The summed E-state index contributed by atoms with van der Waals surface area (Å²) >= 11 is 0. The van der Waals surface area contributed by atoms with Gasteiger partial charge in [0.1, 0.15) is 17.6 Å². The fourth-order valence-electron chi connectivity index (χ4n) is 4.00. The van der Waals surface area contributed by atoms with Gasteiger partial charge < -0.3 is 16.4 Å². The molecule has 1 aliphatic carbocycles. The smallest absolute Gasteiger partial charge is 0.366 e. The van der Waals surface area contributed by atoms with Gasteiger partial charge in [-0.2, -0.15) is 13.2 Å². The number of hydrogen-bond acceptors (Lipinski definition) is 5. The Labute approximate surface area is 187 Å². The Morgan fingerprint density at radius 2 is 1.85 bits per heavy atom. The molecule has 4 N–H and O–H groups in total. The summed E-state index contributed by atoms with van der Waals surface area (Å²) in [6, 6.07) is 11.3. The number of halogens is 3. The van der Waals surface area contributed by atoms with Crippen molar-refractivity contribution >= 4 is 34.2 Å². The highest BCUT2D eigenvalue weighted by Crippen LogP contribution is 2.53. The van der Waals surface area contributed by atoms with Crippen LogP contribution in [0.25, 0.3) is 10.9 Å². The lowest BCUT2D eigenvalue weighted by molar-refractivity contribution is -0.240. The summed E-state index contributed by atoms with van der Waals surface area (Å²) in [6.45, 7) is 1.84. The first-order valence-electron chi connectivity index (χ1n) is 10.4. The van der Waals surface area contributed by atoms with Crippen molar-refractivity contribution in [3.63, 3.8) is 0 Å². The molecule has 1 aliphatic rings. The number of para-hydroxylation sites is 1. The Hall–Kier alpha value is -3.69. The van der Waals surface area contributed by atoms with Gasteiger partial charge in [0, 0.05) is 11.1 Å². The largest absolute Gasteiger partial charge is 0.403 e. The van der Waals surface area contributed by atoms with Crippen molar-refractivity contribution in [3.05, 3.63) is 59.9 Å². The number of benzene rings is 2. The maximum Gasteiger partial charge on any atom is 0.403 e. The van der Waals surface area contributed by atoms with Gasteiger partial charge in [0.25, 0.3) is 5.91 Å². The van der Waals surface area contributed by atoms with Crippen LogP contribution in [0.2, 0.25) is 0 Å². The standard InChI is InChI=1S/C23H22F3N5O2/c1-13(30-20-17-8-3-7-16(19(27)32)18(17)28-12-29-20)14-5-2-6-15(11-14)31-21(33)22(9-4-10-22)23(24,25)26/h2-3,5-8,11-13H,4,9-10H2,1H3,(H2,27,32)(H,31,33)(H,28,29,30). The predicted molar refractivity (Wildman–Crippen MR) is 118 cm³/mol. The molecule has 0 bridgehead atoms. The molecule has 1 saturated carbocycles. The zero-order chi connectivity index (χ0) is 23.8. The van der Waals surface area contributed by atoms with Crippen molar-refractivity contribution in [2.24, 2.45) is 11.1 Å². The maximum absolute atomic E-state index is 13.5. The number of alkyl halides is 3. The van der Waals surface area contributed by atoms with E-state index in [0.29, 0.717) is 23.1 Å². The number of carbonyl (C=O) groups is 2. The number of nitrogens with two attached hydrogens (primary N) is 1. The van der Waals surface area contributed by atoms with E-state index in [9.17, 15) is 22.8 Å². The maximum atomic E-state index is 13.5. The summed E-state index contributed by atoms with van der Waals surface area (Å²) in [6.07, 6.45) is -3.30. The Kier molecular flexibility index (Phi) is 5.69. The molecule has 33 heavy (non-hydrogen) atoms. The lowest BCUT2D eigenvalue weighted by Gasteiger charge is -2.41. The molecule has 0 saturated heterocycles. The molecule has 4 rings (SSSR count). The molecule has 7 nitrogen and oxygen atoms in total. The zero-order valence-corrected chi connectivity index (χ0v) is 17.7. The van der Waals surface area contributed by atoms with E-state index < -0.39 is 23.4 Å². The van der Waals surface area contributed by atoms with E-state index in [1.807, 2.05) is 6.92 Å². The molecule has 10 heteroatoms. The number of aromatic nitrogens is 2. The Balaban J connectivity index is 1.56. The minimum Gasteiger partial charge on any atom is -0.366 e. The average molecular weight is 457 g/mol. The second-order valence-electron chi connectivity index (χ2n) is 8.17. The predicted octanol–water partition coefficient (Wildman–Crippen LogP) is 4.57. The first kappa shape index (κ1) is 22.5. The van der Waals surface area contributed by atoms with Crippen LogP contribution in [-0.2, 0) is 4.79 Å². The fourth-order valence-corrected chi connectivity index (χ4v) is 4.00. The summed E-state index contributed by atoms with van der Waals surface area (Å²) in [7, 11) is 0. The molecular weight excluding hydrogens is 435 g/mol. The number of nitrogens with one attached hydrogen (secondary N) is 2. The third kappa shape index (κ3) is 4.08. The topological polar surface area (TPSA) is 110 Å². The summed E-state index contributed by atoms with van der Waals surface area (Å²) in [5, 5.41) is 6.26.